The molecule has 1 amide bonds. The molecule has 1 N–H and O–H groups in total. The monoisotopic (exact) mass is 324 g/mol. The van der Waals surface area contributed by atoms with E-state index in [2.05, 4.69) is 15.2 Å². The number of carbonyl (C=O) groups excluding carboxylic acids is 1. The Hall–Kier alpha value is -1.59. The number of benzene rings is 1. The van der Waals surface area contributed by atoms with E-state index < -0.39 is 0 Å². The van der Waals surface area contributed by atoms with Crippen molar-refractivity contribution in [3.63, 3.8) is 0 Å². The Kier molecular flexibility index (Phi) is 3.87. The van der Waals surface area contributed by atoms with Gasteiger partial charge in [0.2, 0.25) is 0 Å². The maximum absolute atomic E-state index is 12.6. The highest BCUT2D eigenvalue weighted by molar-refractivity contribution is 6.44. The zero-order valence-electron chi connectivity index (χ0n) is 11.4. The molecule has 7 heteroatoms. The third-order valence-electron chi connectivity index (χ3n) is 3.80. The largest absolute Gasteiger partial charge is 0.338 e. The van der Waals surface area contributed by atoms with E-state index in [9.17, 15) is 4.79 Å². The van der Waals surface area contributed by atoms with Crippen LogP contribution >= 0.6 is 23.2 Å². The Balaban J connectivity index is 1.79. The van der Waals surface area contributed by atoms with Crippen molar-refractivity contribution in [2.75, 3.05) is 13.1 Å². The summed E-state index contributed by atoms with van der Waals surface area (Å²) in [5.41, 5.74) is 1.31. The van der Waals surface area contributed by atoms with E-state index in [1.807, 2.05) is 13.0 Å². The number of hydrogen-bond acceptors (Lipinski definition) is 3. The number of likely N-dealkylation sites (tertiary alicyclic amines) is 1. The lowest BCUT2D eigenvalue weighted by molar-refractivity contribution is 0.0790. The van der Waals surface area contributed by atoms with Crippen molar-refractivity contribution < 1.29 is 4.79 Å². The fraction of sp³-hybridized carbons (Fsp3) is 0.357. The molecule has 1 fully saturated rings. The van der Waals surface area contributed by atoms with Gasteiger partial charge in [-0.15, -0.1) is 0 Å². The van der Waals surface area contributed by atoms with E-state index in [0.29, 0.717) is 28.7 Å². The lowest BCUT2D eigenvalue weighted by Gasteiger charge is -2.17. The zero-order valence-corrected chi connectivity index (χ0v) is 12.9. The molecule has 0 spiro atoms. The van der Waals surface area contributed by atoms with Gasteiger partial charge in [-0.1, -0.05) is 29.3 Å². The van der Waals surface area contributed by atoms with Gasteiger partial charge in [-0.05, 0) is 25.0 Å². The molecule has 1 atom stereocenters. The fourth-order valence-corrected chi connectivity index (χ4v) is 3.02. The van der Waals surface area contributed by atoms with E-state index in [1.54, 1.807) is 11.0 Å². The Bertz CT molecular complexity index is 672. The van der Waals surface area contributed by atoms with Crippen molar-refractivity contribution in [3.8, 4) is 0 Å². The van der Waals surface area contributed by atoms with Crippen LogP contribution in [-0.2, 0) is 0 Å². The number of rotatable bonds is 2. The molecule has 3 rings (SSSR count). The van der Waals surface area contributed by atoms with Gasteiger partial charge >= 0.3 is 0 Å². The quantitative estimate of drug-likeness (QED) is 0.923. The predicted molar refractivity (Wildman–Crippen MR) is 80.8 cm³/mol. The van der Waals surface area contributed by atoms with Gasteiger partial charge in [-0.2, -0.15) is 5.10 Å². The average Bonchev–Trinajstić information content (AvgIpc) is 3.14. The summed E-state index contributed by atoms with van der Waals surface area (Å²) in [6.45, 7) is 3.14. The smallest absolute Gasteiger partial charge is 0.255 e. The summed E-state index contributed by atoms with van der Waals surface area (Å²) in [4.78, 5) is 18.5. The minimum absolute atomic E-state index is 0.0936. The van der Waals surface area contributed by atoms with E-state index in [-0.39, 0.29) is 11.8 Å². The predicted octanol–water partition coefficient (Wildman–Crippen LogP) is 3.05. The van der Waals surface area contributed by atoms with Gasteiger partial charge in [0, 0.05) is 19.0 Å². The number of amides is 1. The average molecular weight is 325 g/mol. The third-order valence-corrected chi connectivity index (χ3v) is 4.78. The highest BCUT2D eigenvalue weighted by Gasteiger charge is 2.30. The molecule has 0 aliphatic carbocycles. The SMILES string of the molecule is Cc1ccc(C(=O)N2CCC(c3ncn[nH]3)C2)c(Cl)c1Cl. The van der Waals surface area contributed by atoms with Crippen molar-refractivity contribution in [1.29, 1.82) is 0 Å². The number of nitrogens with one attached hydrogen (secondary N) is 1. The van der Waals surface area contributed by atoms with Gasteiger partial charge in [0.1, 0.15) is 12.2 Å². The Morgan fingerprint density at radius 2 is 2.19 bits per heavy atom. The van der Waals surface area contributed by atoms with Crippen LogP contribution in [0.5, 0.6) is 0 Å². The number of hydrogen-bond donors (Lipinski definition) is 1. The maximum Gasteiger partial charge on any atom is 0.255 e. The minimum Gasteiger partial charge on any atom is -0.338 e. The number of halogens is 2. The molecule has 1 aromatic carbocycles. The van der Waals surface area contributed by atoms with Gasteiger partial charge in [-0.25, -0.2) is 4.98 Å². The van der Waals surface area contributed by atoms with Gasteiger partial charge in [-0.3, -0.25) is 9.89 Å². The number of aryl methyl sites for hydroxylation is 1. The van der Waals surface area contributed by atoms with Crippen LogP contribution in [0.15, 0.2) is 18.5 Å². The first-order chi connectivity index (χ1) is 10.1. The molecule has 2 heterocycles. The topological polar surface area (TPSA) is 61.9 Å². The third kappa shape index (κ3) is 2.63. The second kappa shape index (κ2) is 5.66. The molecule has 21 heavy (non-hydrogen) atoms. The Morgan fingerprint density at radius 3 is 2.90 bits per heavy atom. The molecule has 1 aliphatic rings. The molecule has 1 aromatic heterocycles. The van der Waals surface area contributed by atoms with E-state index >= 15 is 0 Å². The van der Waals surface area contributed by atoms with Gasteiger partial charge in [0.15, 0.2) is 0 Å². The lowest BCUT2D eigenvalue weighted by Crippen LogP contribution is -2.28. The normalized spacial score (nSPS) is 18.2. The van der Waals surface area contributed by atoms with E-state index in [1.165, 1.54) is 6.33 Å². The summed E-state index contributed by atoms with van der Waals surface area (Å²) < 4.78 is 0. The minimum atomic E-state index is -0.0936. The first-order valence-electron chi connectivity index (χ1n) is 6.67. The van der Waals surface area contributed by atoms with Crippen LogP contribution in [0.2, 0.25) is 10.0 Å². The van der Waals surface area contributed by atoms with Crippen LogP contribution in [0.3, 0.4) is 0 Å². The summed E-state index contributed by atoms with van der Waals surface area (Å²) in [5.74, 6) is 0.915. The molecule has 0 bridgehead atoms. The molecule has 0 radical (unpaired) electrons. The highest BCUT2D eigenvalue weighted by atomic mass is 35.5. The van der Waals surface area contributed by atoms with E-state index in [0.717, 1.165) is 17.8 Å². The molecule has 1 saturated heterocycles. The van der Waals surface area contributed by atoms with Crippen LogP contribution in [0.4, 0.5) is 0 Å². The number of carbonyl (C=O) groups is 1. The second-order valence-corrected chi connectivity index (χ2v) is 5.92. The van der Waals surface area contributed by atoms with Gasteiger partial charge < -0.3 is 4.90 Å². The first kappa shape index (κ1) is 14.4. The first-order valence-corrected chi connectivity index (χ1v) is 7.42. The number of H-pyrrole nitrogens is 1. The van der Waals surface area contributed by atoms with Gasteiger partial charge in [0.25, 0.3) is 5.91 Å². The molecule has 1 unspecified atom stereocenters. The van der Waals surface area contributed by atoms with Crippen LogP contribution in [0.25, 0.3) is 0 Å². The molecule has 1 aliphatic heterocycles. The second-order valence-electron chi connectivity index (χ2n) is 5.17. The molecule has 2 aromatic rings. The van der Waals surface area contributed by atoms with Gasteiger partial charge in [0.05, 0.1) is 15.6 Å². The Labute approximate surface area is 132 Å². The molecule has 110 valence electrons. The zero-order chi connectivity index (χ0) is 15.0. The summed E-state index contributed by atoms with van der Waals surface area (Å²) in [6, 6.07) is 3.54. The fourth-order valence-electron chi connectivity index (χ4n) is 2.56. The molecule has 5 nitrogen and oxygen atoms in total. The van der Waals surface area contributed by atoms with Crippen molar-refractivity contribution in [2.24, 2.45) is 0 Å². The summed E-state index contributed by atoms with van der Waals surface area (Å²) in [7, 11) is 0. The van der Waals surface area contributed by atoms with Crippen LogP contribution < -0.4 is 0 Å². The number of aromatic nitrogens is 3. The van der Waals surface area contributed by atoms with Crippen LogP contribution in [0, 0.1) is 6.92 Å². The molecule has 0 saturated carbocycles. The van der Waals surface area contributed by atoms with Crippen molar-refractivity contribution in [3.05, 3.63) is 45.5 Å². The summed E-state index contributed by atoms with van der Waals surface area (Å²) in [6.07, 6.45) is 2.34. The molecular weight excluding hydrogens is 311 g/mol. The Morgan fingerprint density at radius 1 is 1.38 bits per heavy atom. The van der Waals surface area contributed by atoms with Crippen molar-refractivity contribution >= 4 is 29.1 Å². The number of aromatic amines is 1. The van der Waals surface area contributed by atoms with Crippen molar-refractivity contribution in [1.82, 2.24) is 20.1 Å². The maximum atomic E-state index is 12.6. The summed E-state index contributed by atoms with van der Waals surface area (Å²) >= 11 is 12.3. The van der Waals surface area contributed by atoms with E-state index in [4.69, 9.17) is 23.2 Å². The molecular formula is C14H14Cl2N4O. The van der Waals surface area contributed by atoms with Crippen LogP contribution in [0.1, 0.15) is 34.1 Å². The number of nitrogens with zero attached hydrogens (tertiary/aromatic N) is 3. The summed E-state index contributed by atoms with van der Waals surface area (Å²) in [5, 5.41) is 7.47. The van der Waals surface area contributed by atoms with Crippen molar-refractivity contribution in [2.45, 2.75) is 19.3 Å². The lowest BCUT2D eigenvalue weighted by atomic mass is 10.1. The highest BCUT2D eigenvalue weighted by Crippen LogP contribution is 2.32. The van der Waals surface area contributed by atoms with Crippen LogP contribution in [-0.4, -0.2) is 39.1 Å². The standard InChI is InChI=1S/C14H14Cl2N4O/c1-8-2-3-10(12(16)11(8)15)14(21)20-5-4-9(6-20)13-17-7-18-19-13/h2-3,7,9H,4-6H2,1H3,(H,17,18,19).